The summed E-state index contributed by atoms with van der Waals surface area (Å²) in [5.74, 6) is 0.372. The lowest BCUT2D eigenvalue weighted by Gasteiger charge is -2.37. The second-order valence-corrected chi connectivity index (χ2v) is 8.47. The number of piperazine rings is 1. The van der Waals surface area contributed by atoms with Crippen molar-refractivity contribution in [1.29, 1.82) is 0 Å². The van der Waals surface area contributed by atoms with Crippen molar-refractivity contribution in [1.82, 2.24) is 25.8 Å². The van der Waals surface area contributed by atoms with E-state index in [1.807, 2.05) is 4.90 Å². The zero-order valence-electron chi connectivity index (χ0n) is 15.2. The van der Waals surface area contributed by atoms with Crippen LogP contribution in [0, 0.1) is 0 Å². The minimum atomic E-state index is -0.100. The number of carbonyl (C=O) groups excluding carboxylic acids is 2. The number of nitrogens with one attached hydrogen (secondary N) is 3. The first-order valence-electron chi connectivity index (χ1n) is 9.98. The molecule has 1 saturated carbocycles. The molecule has 3 aliphatic heterocycles. The van der Waals surface area contributed by atoms with E-state index in [9.17, 15) is 9.59 Å². The van der Waals surface area contributed by atoms with Gasteiger partial charge in [0.15, 0.2) is 5.11 Å². The first-order chi connectivity index (χ1) is 12.6. The van der Waals surface area contributed by atoms with Crippen LogP contribution in [0.4, 0.5) is 0 Å². The highest BCUT2D eigenvalue weighted by Gasteiger charge is 2.43. The molecular formula is C18H29N5O2S. The van der Waals surface area contributed by atoms with Gasteiger partial charge in [-0.3, -0.25) is 14.5 Å². The Balaban J connectivity index is 1.29. The lowest BCUT2D eigenvalue weighted by Crippen LogP contribution is -2.58. The van der Waals surface area contributed by atoms with Crippen molar-refractivity contribution in [3.05, 3.63) is 0 Å². The summed E-state index contributed by atoms with van der Waals surface area (Å²) >= 11 is 5.39. The van der Waals surface area contributed by atoms with Crippen molar-refractivity contribution in [2.24, 2.45) is 0 Å². The maximum Gasteiger partial charge on any atom is 0.237 e. The van der Waals surface area contributed by atoms with Crippen LogP contribution in [0.5, 0.6) is 0 Å². The average molecular weight is 380 g/mol. The molecule has 4 rings (SSSR count). The van der Waals surface area contributed by atoms with Crippen LogP contribution in [-0.2, 0) is 9.59 Å². The van der Waals surface area contributed by atoms with E-state index in [1.54, 1.807) is 0 Å². The molecule has 0 radical (unpaired) electrons. The lowest BCUT2D eigenvalue weighted by molar-refractivity contribution is -0.131. The minimum absolute atomic E-state index is 0.100. The molecule has 0 spiro atoms. The Hall–Kier alpha value is -1.41. The first-order valence-corrected chi connectivity index (χ1v) is 10.4. The van der Waals surface area contributed by atoms with Crippen molar-refractivity contribution in [3.63, 3.8) is 0 Å². The van der Waals surface area contributed by atoms with Gasteiger partial charge in [-0.05, 0) is 50.7 Å². The molecule has 8 heteroatoms. The molecule has 26 heavy (non-hydrogen) atoms. The summed E-state index contributed by atoms with van der Waals surface area (Å²) in [6, 6.07) is 0.865. The third kappa shape index (κ3) is 4.11. The molecule has 3 unspecified atom stereocenters. The molecule has 1 aliphatic carbocycles. The maximum absolute atomic E-state index is 12.3. The third-order valence-corrected chi connectivity index (χ3v) is 6.26. The summed E-state index contributed by atoms with van der Waals surface area (Å²) in [4.78, 5) is 28.9. The smallest absolute Gasteiger partial charge is 0.237 e. The van der Waals surface area contributed by atoms with Crippen LogP contribution in [0.25, 0.3) is 0 Å². The molecule has 4 aliphatic rings. The molecule has 0 bridgehead atoms. The molecule has 3 N–H and O–H groups in total. The van der Waals surface area contributed by atoms with Crippen molar-refractivity contribution >= 4 is 29.1 Å². The number of likely N-dealkylation sites (tertiary alicyclic amines) is 1. The van der Waals surface area contributed by atoms with Gasteiger partial charge in [0.1, 0.15) is 0 Å². The molecule has 3 atom stereocenters. The third-order valence-electron chi connectivity index (χ3n) is 6.02. The van der Waals surface area contributed by atoms with E-state index in [0.717, 1.165) is 45.3 Å². The van der Waals surface area contributed by atoms with Gasteiger partial charge in [-0.2, -0.15) is 0 Å². The summed E-state index contributed by atoms with van der Waals surface area (Å²) in [6.07, 6.45) is 6.79. The van der Waals surface area contributed by atoms with Gasteiger partial charge in [0.2, 0.25) is 11.8 Å². The Kier molecular flexibility index (Phi) is 5.31. The monoisotopic (exact) mass is 379 g/mol. The molecule has 3 heterocycles. The quantitative estimate of drug-likeness (QED) is 0.582. The van der Waals surface area contributed by atoms with Crippen molar-refractivity contribution < 1.29 is 9.59 Å². The normalized spacial score (nSPS) is 31.5. The molecule has 7 nitrogen and oxygen atoms in total. The predicted octanol–water partition coefficient (Wildman–Crippen LogP) is -0.0432. The summed E-state index contributed by atoms with van der Waals surface area (Å²) in [5.41, 5.74) is 0. The van der Waals surface area contributed by atoms with Gasteiger partial charge >= 0.3 is 0 Å². The number of fused-ring (bicyclic) bond motifs is 1. The van der Waals surface area contributed by atoms with Gasteiger partial charge in [-0.25, -0.2) is 0 Å². The Bertz CT molecular complexity index is 576. The van der Waals surface area contributed by atoms with Crippen LogP contribution < -0.4 is 16.0 Å². The molecular weight excluding hydrogens is 350 g/mol. The molecule has 4 fully saturated rings. The Morgan fingerprint density at radius 2 is 1.92 bits per heavy atom. The fourth-order valence-electron chi connectivity index (χ4n) is 4.40. The number of thiocarbonyl (C=S) groups is 1. The van der Waals surface area contributed by atoms with E-state index in [0.29, 0.717) is 24.1 Å². The topological polar surface area (TPSA) is 76.7 Å². The van der Waals surface area contributed by atoms with Crippen LogP contribution in [-0.4, -0.2) is 77.1 Å². The summed E-state index contributed by atoms with van der Waals surface area (Å²) in [7, 11) is 0. The number of amides is 2. The molecule has 0 aromatic heterocycles. The number of hydrogen-bond donors (Lipinski definition) is 3. The van der Waals surface area contributed by atoms with E-state index in [4.69, 9.17) is 12.2 Å². The maximum atomic E-state index is 12.3. The van der Waals surface area contributed by atoms with E-state index in [-0.39, 0.29) is 29.9 Å². The Morgan fingerprint density at radius 1 is 1.19 bits per heavy atom. The zero-order valence-corrected chi connectivity index (χ0v) is 16.0. The van der Waals surface area contributed by atoms with E-state index >= 15 is 0 Å². The highest BCUT2D eigenvalue weighted by molar-refractivity contribution is 7.80. The minimum Gasteiger partial charge on any atom is -0.360 e. The standard InChI is InChI=1S/C18H29N5O2S/c24-16(22-7-1-2-8-22)6-5-14-10-19-17(25)15-9-13(11-23(14)15)21-18(26)20-12-3-4-12/h12-15H,1-11H2,(H,19,25)(H2,20,21,26). The van der Waals surface area contributed by atoms with Crippen LogP contribution in [0.15, 0.2) is 0 Å². The molecule has 2 amide bonds. The van der Waals surface area contributed by atoms with Crippen LogP contribution in [0.1, 0.15) is 44.9 Å². The van der Waals surface area contributed by atoms with Crippen LogP contribution in [0.3, 0.4) is 0 Å². The predicted molar refractivity (Wildman–Crippen MR) is 103 cm³/mol. The number of nitrogens with zero attached hydrogens (tertiary/aromatic N) is 2. The van der Waals surface area contributed by atoms with Crippen molar-refractivity contribution in [3.8, 4) is 0 Å². The highest BCUT2D eigenvalue weighted by Crippen LogP contribution is 2.26. The fourth-order valence-corrected chi connectivity index (χ4v) is 4.74. The highest BCUT2D eigenvalue weighted by atomic mass is 32.1. The second-order valence-electron chi connectivity index (χ2n) is 8.06. The van der Waals surface area contributed by atoms with Crippen molar-refractivity contribution in [2.75, 3.05) is 26.2 Å². The summed E-state index contributed by atoms with van der Waals surface area (Å²) in [5, 5.41) is 10.4. The van der Waals surface area contributed by atoms with E-state index in [2.05, 4.69) is 20.9 Å². The molecule has 144 valence electrons. The Labute approximate surface area is 160 Å². The van der Waals surface area contributed by atoms with E-state index in [1.165, 1.54) is 12.8 Å². The van der Waals surface area contributed by atoms with Gasteiger partial charge in [-0.15, -0.1) is 0 Å². The summed E-state index contributed by atoms with van der Waals surface area (Å²) < 4.78 is 0. The molecule has 0 aromatic carbocycles. The lowest BCUT2D eigenvalue weighted by atomic mass is 10.0. The van der Waals surface area contributed by atoms with E-state index < -0.39 is 0 Å². The number of carbonyl (C=O) groups is 2. The zero-order chi connectivity index (χ0) is 18.1. The SMILES string of the molecule is O=C1NCC(CCC(=O)N2CCCC2)N2CC(NC(=S)NC3CC3)CC12. The van der Waals surface area contributed by atoms with Gasteiger partial charge < -0.3 is 20.9 Å². The molecule has 0 aromatic rings. The number of rotatable bonds is 5. The summed E-state index contributed by atoms with van der Waals surface area (Å²) in [6.45, 7) is 3.27. The Morgan fingerprint density at radius 3 is 2.65 bits per heavy atom. The second kappa shape index (κ2) is 7.68. The van der Waals surface area contributed by atoms with Crippen molar-refractivity contribution in [2.45, 2.75) is 69.1 Å². The van der Waals surface area contributed by atoms with Crippen LogP contribution >= 0.6 is 12.2 Å². The van der Waals surface area contributed by atoms with Gasteiger partial charge in [0.25, 0.3) is 0 Å². The number of hydrogen-bond acceptors (Lipinski definition) is 4. The van der Waals surface area contributed by atoms with Gasteiger partial charge in [0.05, 0.1) is 6.04 Å². The first kappa shape index (κ1) is 18.0. The molecule has 3 saturated heterocycles. The average Bonchev–Trinajstić information content (AvgIpc) is 3.11. The van der Waals surface area contributed by atoms with Crippen LogP contribution in [0.2, 0.25) is 0 Å². The van der Waals surface area contributed by atoms with Gasteiger partial charge in [-0.1, -0.05) is 0 Å². The fraction of sp³-hybridized carbons (Fsp3) is 0.833. The largest absolute Gasteiger partial charge is 0.360 e. The van der Waals surface area contributed by atoms with Gasteiger partial charge in [0, 0.05) is 50.7 Å².